The van der Waals surface area contributed by atoms with E-state index in [0.29, 0.717) is 23.1 Å². The molecule has 0 saturated carbocycles. The number of nitrogens with zero attached hydrogens (tertiary/aromatic N) is 2. The van der Waals surface area contributed by atoms with Gasteiger partial charge in [0.15, 0.2) is 0 Å². The van der Waals surface area contributed by atoms with Crippen LogP contribution in [0, 0.1) is 11.7 Å². The Labute approximate surface area is 179 Å². The zero-order chi connectivity index (χ0) is 21.5. The Bertz CT molecular complexity index is 976. The van der Waals surface area contributed by atoms with Gasteiger partial charge in [-0.05, 0) is 29.7 Å². The molecule has 158 valence electrons. The first-order valence-electron chi connectivity index (χ1n) is 9.59. The molecule has 0 radical (unpaired) electrons. The van der Waals surface area contributed by atoms with Crippen molar-refractivity contribution in [1.82, 2.24) is 15.5 Å². The van der Waals surface area contributed by atoms with Crippen LogP contribution in [0.3, 0.4) is 0 Å². The molecule has 0 fully saturated rings. The van der Waals surface area contributed by atoms with Crippen molar-refractivity contribution in [3.63, 3.8) is 0 Å². The van der Waals surface area contributed by atoms with E-state index in [1.807, 2.05) is 38.1 Å². The molecule has 0 bridgehead atoms. The third kappa shape index (κ3) is 5.82. The second kappa shape index (κ2) is 10.2. The Morgan fingerprint density at radius 3 is 2.57 bits per heavy atom. The van der Waals surface area contributed by atoms with Gasteiger partial charge in [0, 0.05) is 12.1 Å². The van der Waals surface area contributed by atoms with Gasteiger partial charge in [0.05, 0.1) is 18.8 Å². The number of hydrogen-bond acceptors (Lipinski definition) is 6. The van der Waals surface area contributed by atoms with E-state index in [-0.39, 0.29) is 24.2 Å². The number of ether oxygens (including phenoxy) is 1. The quantitative estimate of drug-likeness (QED) is 0.513. The lowest BCUT2D eigenvalue weighted by molar-refractivity contribution is -0.121. The highest BCUT2D eigenvalue weighted by Gasteiger charge is 2.26. The van der Waals surface area contributed by atoms with Gasteiger partial charge in [-0.1, -0.05) is 55.9 Å². The van der Waals surface area contributed by atoms with Crippen LogP contribution in [-0.4, -0.2) is 28.5 Å². The van der Waals surface area contributed by atoms with Gasteiger partial charge < -0.3 is 14.5 Å². The molecule has 0 aliphatic rings. The minimum Gasteiger partial charge on any atom is -0.497 e. The first kappa shape index (κ1) is 21.8. The molecular weight excluding hydrogens is 405 g/mol. The third-order valence-corrected chi connectivity index (χ3v) is 5.84. The molecule has 1 aromatic heterocycles. The van der Waals surface area contributed by atoms with Crippen LogP contribution >= 0.6 is 11.8 Å². The average molecular weight is 430 g/mol. The van der Waals surface area contributed by atoms with Crippen LogP contribution in [0.25, 0.3) is 0 Å². The highest BCUT2D eigenvalue weighted by atomic mass is 32.2. The molecule has 0 spiro atoms. The van der Waals surface area contributed by atoms with Crippen molar-refractivity contribution in [2.45, 2.75) is 37.3 Å². The minimum atomic E-state index is -0.439. The maximum absolute atomic E-state index is 13.8. The highest BCUT2D eigenvalue weighted by molar-refractivity contribution is 8.00. The van der Waals surface area contributed by atoms with Crippen LogP contribution in [0.2, 0.25) is 0 Å². The Kier molecular flexibility index (Phi) is 7.46. The summed E-state index contributed by atoms with van der Waals surface area (Å²) >= 11 is 1.22. The van der Waals surface area contributed by atoms with Gasteiger partial charge in [0.25, 0.3) is 5.22 Å². The van der Waals surface area contributed by atoms with Gasteiger partial charge in [0.2, 0.25) is 11.8 Å². The fourth-order valence-electron chi connectivity index (χ4n) is 2.80. The summed E-state index contributed by atoms with van der Waals surface area (Å²) in [6.07, 6.45) is 0.489. The van der Waals surface area contributed by atoms with Gasteiger partial charge in [-0.15, -0.1) is 10.2 Å². The lowest BCUT2D eigenvalue weighted by atomic mass is 10.1. The molecule has 8 heteroatoms. The summed E-state index contributed by atoms with van der Waals surface area (Å²) in [5.41, 5.74) is 1.46. The van der Waals surface area contributed by atoms with Crippen molar-refractivity contribution in [2.24, 2.45) is 5.92 Å². The standard InChI is InChI=1S/C22H24FN3O3S/c1-14(2)20(21(27)24-13-16-6-4-5-7-18(16)23)30-22-26-25-19(29-22)12-15-8-10-17(28-3)11-9-15/h4-11,14,20H,12-13H2,1-3H3,(H,24,27). The lowest BCUT2D eigenvalue weighted by Gasteiger charge is -2.18. The Morgan fingerprint density at radius 2 is 1.90 bits per heavy atom. The second-order valence-corrected chi connectivity index (χ2v) is 8.17. The number of carbonyl (C=O) groups excluding carboxylic acids is 1. The minimum absolute atomic E-state index is 0.0209. The number of aromatic nitrogens is 2. The van der Waals surface area contributed by atoms with Crippen molar-refractivity contribution in [2.75, 3.05) is 7.11 Å². The number of benzene rings is 2. The molecule has 1 amide bonds. The molecule has 1 N–H and O–H groups in total. The normalized spacial score (nSPS) is 12.0. The van der Waals surface area contributed by atoms with E-state index >= 15 is 0 Å². The Morgan fingerprint density at radius 1 is 1.17 bits per heavy atom. The first-order chi connectivity index (χ1) is 14.5. The molecule has 3 rings (SSSR count). The van der Waals surface area contributed by atoms with Crippen molar-refractivity contribution >= 4 is 17.7 Å². The number of methoxy groups -OCH3 is 1. The predicted molar refractivity (Wildman–Crippen MR) is 113 cm³/mol. The molecule has 3 aromatic rings. The lowest BCUT2D eigenvalue weighted by Crippen LogP contribution is -2.35. The van der Waals surface area contributed by atoms with Crippen molar-refractivity contribution in [3.8, 4) is 5.75 Å². The van der Waals surface area contributed by atoms with Crippen molar-refractivity contribution < 1.29 is 18.3 Å². The summed E-state index contributed by atoms with van der Waals surface area (Å²) in [4.78, 5) is 12.7. The van der Waals surface area contributed by atoms with E-state index in [1.54, 1.807) is 25.3 Å². The van der Waals surface area contributed by atoms with Crippen LogP contribution in [0.4, 0.5) is 4.39 Å². The first-order valence-corrected chi connectivity index (χ1v) is 10.5. The van der Waals surface area contributed by atoms with E-state index < -0.39 is 5.25 Å². The van der Waals surface area contributed by atoms with Crippen LogP contribution in [-0.2, 0) is 17.8 Å². The van der Waals surface area contributed by atoms with Gasteiger partial charge >= 0.3 is 0 Å². The van der Waals surface area contributed by atoms with Gasteiger partial charge in [0.1, 0.15) is 11.6 Å². The number of halogens is 1. The number of rotatable bonds is 9. The molecule has 1 unspecified atom stereocenters. The zero-order valence-electron chi connectivity index (χ0n) is 17.1. The fourth-order valence-corrected chi connectivity index (χ4v) is 3.71. The van der Waals surface area contributed by atoms with E-state index in [1.165, 1.54) is 17.8 Å². The summed E-state index contributed by atoms with van der Waals surface area (Å²) in [7, 11) is 1.62. The summed E-state index contributed by atoms with van der Waals surface area (Å²) < 4.78 is 24.7. The van der Waals surface area contributed by atoms with E-state index in [4.69, 9.17) is 9.15 Å². The largest absolute Gasteiger partial charge is 0.497 e. The van der Waals surface area contributed by atoms with Gasteiger partial charge in [-0.3, -0.25) is 4.79 Å². The van der Waals surface area contributed by atoms with Crippen LogP contribution in [0.5, 0.6) is 5.75 Å². The molecule has 30 heavy (non-hydrogen) atoms. The topological polar surface area (TPSA) is 77.2 Å². The summed E-state index contributed by atoms with van der Waals surface area (Å²) in [6, 6.07) is 14.0. The van der Waals surface area contributed by atoms with E-state index in [0.717, 1.165) is 11.3 Å². The molecule has 2 aromatic carbocycles. The number of nitrogens with one attached hydrogen (secondary N) is 1. The van der Waals surface area contributed by atoms with Crippen LogP contribution in [0.1, 0.15) is 30.9 Å². The fraction of sp³-hybridized carbons (Fsp3) is 0.318. The molecule has 0 aliphatic carbocycles. The maximum atomic E-state index is 13.8. The molecule has 1 heterocycles. The number of hydrogen-bond donors (Lipinski definition) is 1. The SMILES string of the molecule is COc1ccc(Cc2nnc(SC(C(=O)NCc3ccccc3F)C(C)C)o2)cc1. The Hall–Kier alpha value is -2.87. The second-order valence-electron chi connectivity index (χ2n) is 7.08. The van der Waals surface area contributed by atoms with Crippen LogP contribution in [0.15, 0.2) is 58.2 Å². The summed E-state index contributed by atoms with van der Waals surface area (Å²) in [5, 5.41) is 10.8. The predicted octanol–water partition coefficient (Wildman–Crippen LogP) is 4.24. The monoisotopic (exact) mass is 429 g/mol. The molecular formula is C22H24FN3O3S. The van der Waals surface area contributed by atoms with Gasteiger partial charge in [-0.2, -0.15) is 0 Å². The van der Waals surface area contributed by atoms with Crippen molar-refractivity contribution in [3.05, 3.63) is 71.4 Å². The number of amides is 1. The number of carbonyl (C=O) groups is 1. The smallest absolute Gasteiger partial charge is 0.277 e. The molecule has 6 nitrogen and oxygen atoms in total. The zero-order valence-corrected chi connectivity index (χ0v) is 17.9. The molecule has 0 aliphatic heterocycles. The maximum Gasteiger partial charge on any atom is 0.277 e. The number of thioether (sulfide) groups is 1. The summed E-state index contributed by atoms with van der Waals surface area (Å²) in [6.45, 7) is 4.01. The van der Waals surface area contributed by atoms with E-state index in [9.17, 15) is 9.18 Å². The summed E-state index contributed by atoms with van der Waals surface area (Å²) in [5.74, 6) is 0.728. The molecule has 1 atom stereocenters. The average Bonchev–Trinajstić information content (AvgIpc) is 3.18. The Balaban J connectivity index is 1.60. The highest BCUT2D eigenvalue weighted by Crippen LogP contribution is 2.28. The van der Waals surface area contributed by atoms with Gasteiger partial charge in [-0.25, -0.2) is 4.39 Å². The van der Waals surface area contributed by atoms with E-state index in [2.05, 4.69) is 15.5 Å². The van der Waals surface area contributed by atoms with Crippen LogP contribution < -0.4 is 10.1 Å². The van der Waals surface area contributed by atoms with Crippen molar-refractivity contribution in [1.29, 1.82) is 0 Å². The third-order valence-electron chi connectivity index (χ3n) is 4.47. The molecule has 0 saturated heterocycles.